The topological polar surface area (TPSA) is 58.6 Å². The molecule has 1 amide bonds. The van der Waals surface area contributed by atoms with Crippen molar-refractivity contribution in [1.82, 2.24) is 5.32 Å². The molecule has 0 saturated carbocycles. The van der Waals surface area contributed by atoms with Gasteiger partial charge in [-0.1, -0.05) is 15.9 Å². The van der Waals surface area contributed by atoms with Crippen LogP contribution in [0.1, 0.15) is 22.3 Å². The predicted molar refractivity (Wildman–Crippen MR) is 74.0 cm³/mol. The Morgan fingerprint density at radius 1 is 1.48 bits per heavy atom. The van der Waals surface area contributed by atoms with Crippen LogP contribution < -0.4 is 5.32 Å². The Morgan fingerprint density at radius 3 is 2.67 bits per heavy atom. The molecular formula is C13H15BrF3NO3. The van der Waals surface area contributed by atoms with E-state index in [9.17, 15) is 18.0 Å². The van der Waals surface area contributed by atoms with Gasteiger partial charge in [-0.15, -0.1) is 0 Å². The van der Waals surface area contributed by atoms with Crippen LogP contribution in [0.25, 0.3) is 0 Å². The summed E-state index contributed by atoms with van der Waals surface area (Å²) in [6.45, 7) is -0.00258. The number of carbonyl (C=O) groups excluding carboxylic acids is 1. The lowest BCUT2D eigenvalue weighted by atomic mass is 10.1. The van der Waals surface area contributed by atoms with E-state index >= 15 is 0 Å². The zero-order valence-electron chi connectivity index (χ0n) is 11.2. The Hall–Kier alpha value is -1.12. The van der Waals surface area contributed by atoms with E-state index in [1.807, 2.05) is 0 Å². The highest BCUT2D eigenvalue weighted by molar-refractivity contribution is 9.10. The lowest BCUT2D eigenvalue weighted by molar-refractivity contribution is -0.138. The standard InChI is InChI=1S/C13H15BrF3NO3/c1-21-7-9(4-5-19)18-12(20)8-2-3-11(14)10(6-8)13(15,16)17/h2-3,6,9,19H,4-5,7H2,1H3,(H,18,20). The molecule has 0 radical (unpaired) electrons. The summed E-state index contributed by atoms with van der Waals surface area (Å²) < 4.78 is 43.1. The molecule has 1 atom stereocenters. The summed E-state index contributed by atoms with van der Waals surface area (Å²) in [4.78, 5) is 12.0. The van der Waals surface area contributed by atoms with Crippen LogP contribution in [0.3, 0.4) is 0 Å². The molecule has 1 rings (SSSR count). The fraction of sp³-hybridized carbons (Fsp3) is 0.462. The van der Waals surface area contributed by atoms with Crippen LogP contribution in [0.2, 0.25) is 0 Å². The predicted octanol–water partition coefficient (Wildman–Crippen LogP) is 2.60. The summed E-state index contributed by atoms with van der Waals surface area (Å²) in [7, 11) is 1.43. The molecule has 0 fully saturated rings. The van der Waals surface area contributed by atoms with Gasteiger partial charge >= 0.3 is 6.18 Å². The largest absolute Gasteiger partial charge is 0.417 e. The molecule has 21 heavy (non-hydrogen) atoms. The highest BCUT2D eigenvalue weighted by atomic mass is 79.9. The third-order valence-electron chi connectivity index (χ3n) is 2.71. The number of halogens is 4. The molecule has 0 aliphatic rings. The smallest absolute Gasteiger partial charge is 0.396 e. The monoisotopic (exact) mass is 369 g/mol. The van der Waals surface area contributed by atoms with Gasteiger partial charge in [0.1, 0.15) is 0 Å². The molecule has 0 aliphatic carbocycles. The molecule has 1 unspecified atom stereocenters. The number of hydrogen-bond acceptors (Lipinski definition) is 3. The second-order valence-corrected chi connectivity index (χ2v) is 5.18. The van der Waals surface area contributed by atoms with Gasteiger partial charge in [0.2, 0.25) is 0 Å². The number of carbonyl (C=O) groups is 1. The van der Waals surface area contributed by atoms with Crippen molar-refractivity contribution in [3.05, 3.63) is 33.8 Å². The van der Waals surface area contributed by atoms with Crippen LogP contribution in [0, 0.1) is 0 Å². The minimum absolute atomic E-state index is 0.107. The van der Waals surface area contributed by atoms with Crippen molar-refractivity contribution in [2.75, 3.05) is 20.3 Å². The van der Waals surface area contributed by atoms with Crippen molar-refractivity contribution >= 4 is 21.8 Å². The van der Waals surface area contributed by atoms with Crippen LogP contribution in [0.5, 0.6) is 0 Å². The van der Waals surface area contributed by atoms with E-state index in [0.29, 0.717) is 0 Å². The highest BCUT2D eigenvalue weighted by Crippen LogP contribution is 2.35. The fourth-order valence-electron chi connectivity index (χ4n) is 1.71. The number of aliphatic hydroxyl groups excluding tert-OH is 1. The van der Waals surface area contributed by atoms with Gasteiger partial charge in [-0.3, -0.25) is 4.79 Å². The summed E-state index contributed by atoms with van der Waals surface area (Å²) in [5.41, 5.74) is -1.02. The molecule has 1 aromatic rings. The molecule has 0 heterocycles. The number of ether oxygens (including phenoxy) is 1. The van der Waals surface area contributed by atoms with Gasteiger partial charge in [-0.05, 0) is 24.6 Å². The summed E-state index contributed by atoms with van der Waals surface area (Å²) in [5, 5.41) is 11.4. The Labute approximate surface area is 128 Å². The van der Waals surface area contributed by atoms with E-state index in [0.717, 1.165) is 6.07 Å². The molecule has 0 saturated heterocycles. The molecule has 0 bridgehead atoms. The van der Waals surface area contributed by atoms with Crippen LogP contribution in [-0.2, 0) is 10.9 Å². The average Bonchev–Trinajstić information content (AvgIpc) is 2.38. The maximum Gasteiger partial charge on any atom is 0.417 e. The van der Waals surface area contributed by atoms with Crippen molar-refractivity contribution in [1.29, 1.82) is 0 Å². The van der Waals surface area contributed by atoms with E-state index in [1.165, 1.54) is 19.2 Å². The van der Waals surface area contributed by atoms with E-state index in [2.05, 4.69) is 21.2 Å². The summed E-state index contributed by atoms with van der Waals surface area (Å²) >= 11 is 2.81. The third kappa shape index (κ3) is 5.29. The number of rotatable bonds is 6. The van der Waals surface area contributed by atoms with Crippen molar-refractivity contribution in [3.8, 4) is 0 Å². The lowest BCUT2D eigenvalue weighted by Crippen LogP contribution is -2.38. The first-order valence-electron chi connectivity index (χ1n) is 6.07. The average molecular weight is 370 g/mol. The molecular weight excluding hydrogens is 355 g/mol. The second kappa shape index (κ2) is 7.77. The minimum Gasteiger partial charge on any atom is -0.396 e. The summed E-state index contributed by atoms with van der Waals surface area (Å²) in [6, 6.07) is 2.78. The molecule has 4 nitrogen and oxygen atoms in total. The van der Waals surface area contributed by atoms with E-state index in [-0.39, 0.29) is 29.7 Å². The normalized spacial score (nSPS) is 13.0. The Morgan fingerprint density at radius 2 is 2.14 bits per heavy atom. The van der Waals surface area contributed by atoms with Gasteiger partial charge in [-0.25, -0.2) is 0 Å². The van der Waals surface area contributed by atoms with E-state index < -0.39 is 23.7 Å². The van der Waals surface area contributed by atoms with Crippen molar-refractivity contribution in [2.24, 2.45) is 0 Å². The number of alkyl halides is 3. The van der Waals surface area contributed by atoms with Gasteiger partial charge in [-0.2, -0.15) is 13.2 Å². The van der Waals surface area contributed by atoms with Crippen molar-refractivity contribution < 1.29 is 27.8 Å². The zero-order valence-corrected chi connectivity index (χ0v) is 12.8. The Kier molecular flexibility index (Phi) is 6.63. The first-order valence-corrected chi connectivity index (χ1v) is 6.86. The van der Waals surface area contributed by atoms with Crippen molar-refractivity contribution in [3.63, 3.8) is 0 Å². The summed E-state index contributed by atoms with van der Waals surface area (Å²) in [5.74, 6) is -0.650. The van der Waals surface area contributed by atoms with Gasteiger partial charge in [0.15, 0.2) is 0 Å². The van der Waals surface area contributed by atoms with Crippen molar-refractivity contribution in [2.45, 2.75) is 18.6 Å². The van der Waals surface area contributed by atoms with Crippen LogP contribution in [-0.4, -0.2) is 37.4 Å². The van der Waals surface area contributed by atoms with Crippen LogP contribution >= 0.6 is 15.9 Å². The number of aliphatic hydroxyl groups is 1. The lowest BCUT2D eigenvalue weighted by Gasteiger charge is -2.17. The quantitative estimate of drug-likeness (QED) is 0.810. The molecule has 1 aromatic carbocycles. The van der Waals surface area contributed by atoms with Crippen LogP contribution in [0.15, 0.2) is 22.7 Å². The molecule has 2 N–H and O–H groups in total. The Bertz CT molecular complexity index is 488. The van der Waals surface area contributed by atoms with Gasteiger partial charge < -0.3 is 15.2 Å². The number of methoxy groups -OCH3 is 1. The number of benzene rings is 1. The molecule has 0 spiro atoms. The van der Waals surface area contributed by atoms with E-state index in [1.54, 1.807) is 0 Å². The van der Waals surface area contributed by atoms with Gasteiger partial charge in [0.25, 0.3) is 5.91 Å². The molecule has 0 aromatic heterocycles. The fourth-order valence-corrected chi connectivity index (χ4v) is 2.18. The van der Waals surface area contributed by atoms with Gasteiger partial charge in [0, 0.05) is 23.8 Å². The SMILES string of the molecule is COCC(CCO)NC(=O)c1ccc(Br)c(C(F)(F)F)c1. The van der Waals surface area contributed by atoms with Gasteiger partial charge in [0.05, 0.1) is 18.2 Å². The van der Waals surface area contributed by atoms with Crippen LogP contribution in [0.4, 0.5) is 13.2 Å². The van der Waals surface area contributed by atoms with E-state index in [4.69, 9.17) is 9.84 Å². The first-order chi connectivity index (χ1) is 9.79. The molecule has 118 valence electrons. The molecule has 8 heteroatoms. The number of nitrogens with one attached hydrogen (secondary N) is 1. The maximum atomic E-state index is 12.8. The number of amides is 1. The number of hydrogen-bond donors (Lipinski definition) is 2. The Balaban J connectivity index is 2.92. The second-order valence-electron chi connectivity index (χ2n) is 4.33. The third-order valence-corrected chi connectivity index (χ3v) is 3.41. The minimum atomic E-state index is -4.55. The maximum absolute atomic E-state index is 12.8. The summed E-state index contributed by atoms with van der Waals surface area (Å²) in [6.07, 6.45) is -4.30. The first kappa shape index (κ1) is 17.9. The highest BCUT2D eigenvalue weighted by Gasteiger charge is 2.33. The zero-order chi connectivity index (χ0) is 16.0. The molecule has 0 aliphatic heterocycles.